The van der Waals surface area contributed by atoms with Crippen LogP contribution in [0, 0.1) is 11.7 Å². The molecule has 1 aliphatic heterocycles. The average Bonchev–Trinajstić information content (AvgIpc) is 3.64. The molecular weight excluding hydrogens is 510 g/mol. The maximum Gasteiger partial charge on any atom is 0.264 e. The number of methoxy groups -OCH3 is 1. The smallest absolute Gasteiger partial charge is 0.264 e. The van der Waals surface area contributed by atoms with Gasteiger partial charge in [-0.1, -0.05) is 35.1 Å². The van der Waals surface area contributed by atoms with Gasteiger partial charge in [-0.3, -0.25) is 14.4 Å². The second-order valence-corrected chi connectivity index (χ2v) is 10.5. The first kappa shape index (κ1) is 28.1. The maximum atomic E-state index is 14.6. The number of likely N-dealkylation sites (tertiary alicyclic amines) is 1. The zero-order valence-corrected chi connectivity index (χ0v) is 22.7. The highest BCUT2D eigenvalue weighted by molar-refractivity contribution is 7.97. The fraction of sp³-hybridized carbons (Fsp3) is 0.500. The van der Waals surface area contributed by atoms with Gasteiger partial charge in [0.05, 0.1) is 12.2 Å². The van der Waals surface area contributed by atoms with Crippen LogP contribution in [-0.4, -0.2) is 51.0 Å². The van der Waals surface area contributed by atoms with Crippen LogP contribution in [0.5, 0.6) is 5.75 Å². The monoisotopic (exact) mass is 542 g/mol. The Hall–Kier alpha value is -1.51. The molecule has 1 saturated carbocycles. The molecule has 2 aromatic carbocycles. The number of nitrogens with one attached hydrogen (secondary N) is 1. The molecular formula is C26H33Cl2FN2O3S. The molecule has 4 rings (SSSR count). The van der Waals surface area contributed by atoms with Gasteiger partial charge in [-0.05, 0) is 86.0 Å². The van der Waals surface area contributed by atoms with Crippen molar-refractivity contribution in [3.05, 3.63) is 62.9 Å². The Labute approximate surface area is 221 Å². The van der Waals surface area contributed by atoms with Crippen LogP contribution >= 0.6 is 35.1 Å². The molecule has 0 aromatic heterocycles. The number of carbonyl (C=O) groups is 1. The van der Waals surface area contributed by atoms with Crippen LogP contribution in [0.25, 0.3) is 0 Å². The third-order valence-electron chi connectivity index (χ3n) is 6.07. The summed E-state index contributed by atoms with van der Waals surface area (Å²) >= 11 is 13.4. The summed E-state index contributed by atoms with van der Waals surface area (Å²) in [5.41, 5.74) is 2.16. The van der Waals surface area contributed by atoms with Gasteiger partial charge in [0.1, 0.15) is 11.6 Å². The van der Waals surface area contributed by atoms with Crippen molar-refractivity contribution in [1.29, 1.82) is 0 Å². The van der Waals surface area contributed by atoms with Gasteiger partial charge in [0.25, 0.3) is 5.91 Å². The Morgan fingerprint density at radius 2 is 1.71 bits per heavy atom. The summed E-state index contributed by atoms with van der Waals surface area (Å²) in [5, 5.41) is 1.32. The number of rotatable bonds is 8. The lowest BCUT2D eigenvalue weighted by Crippen LogP contribution is -2.35. The van der Waals surface area contributed by atoms with Gasteiger partial charge in [0, 0.05) is 43.1 Å². The average molecular weight is 544 g/mol. The van der Waals surface area contributed by atoms with Crippen molar-refractivity contribution in [2.45, 2.75) is 38.1 Å². The number of nitrogens with zero attached hydrogens (tertiary/aromatic N) is 1. The molecule has 1 heterocycles. The molecule has 35 heavy (non-hydrogen) atoms. The standard InChI is InChI=1S/C24H27Cl2FN2O2S.C2H6O/c1-32-28-24(30)21-11-20(17-2-3-17)23(12-22(21)27)31-14-15-4-6-29(7-5-15)13-16-8-18(25)10-19(26)9-16;1-3-2/h8-12,15,17H,2-7,13-14H2,1H3,(H,28,30);1-2H3. The Balaban J connectivity index is 0.00000108. The first-order valence-electron chi connectivity index (χ1n) is 11.7. The summed E-state index contributed by atoms with van der Waals surface area (Å²) < 4.78 is 27.5. The van der Waals surface area contributed by atoms with E-state index in [-0.39, 0.29) is 5.56 Å². The molecule has 0 atom stereocenters. The summed E-state index contributed by atoms with van der Waals surface area (Å²) in [4.78, 5) is 14.5. The van der Waals surface area contributed by atoms with Gasteiger partial charge in [0.15, 0.2) is 0 Å². The van der Waals surface area contributed by atoms with Crippen LogP contribution < -0.4 is 9.46 Å². The fourth-order valence-corrected chi connectivity index (χ4v) is 5.08. The summed E-state index contributed by atoms with van der Waals surface area (Å²) in [7, 11) is 3.25. The predicted octanol–water partition coefficient (Wildman–Crippen LogP) is 6.57. The number of benzene rings is 2. The number of hydrogen-bond donors (Lipinski definition) is 1. The molecule has 192 valence electrons. The lowest BCUT2D eigenvalue weighted by Gasteiger charge is -2.32. The molecule has 0 unspecified atom stereocenters. The van der Waals surface area contributed by atoms with E-state index >= 15 is 0 Å². The predicted molar refractivity (Wildman–Crippen MR) is 142 cm³/mol. The van der Waals surface area contributed by atoms with Crippen LogP contribution in [0.3, 0.4) is 0 Å². The summed E-state index contributed by atoms with van der Waals surface area (Å²) in [6.45, 7) is 3.32. The van der Waals surface area contributed by atoms with Crippen LogP contribution in [0.4, 0.5) is 4.39 Å². The molecule has 5 nitrogen and oxygen atoms in total. The zero-order valence-electron chi connectivity index (χ0n) is 20.4. The topological polar surface area (TPSA) is 50.8 Å². The first-order chi connectivity index (χ1) is 16.8. The molecule has 0 spiro atoms. The second kappa shape index (κ2) is 13.7. The van der Waals surface area contributed by atoms with E-state index in [4.69, 9.17) is 27.9 Å². The number of carbonyl (C=O) groups excluding carboxylic acids is 1. The van der Waals surface area contributed by atoms with Crippen LogP contribution in [0.15, 0.2) is 30.3 Å². The maximum absolute atomic E-state index is 14.6. The molecule has 0 bridgehead atoms. The Kier molecular flexibility index (Phi) is 11.0. The van der Waals surface area contributed by atoms with E-state index in [0.29, 0.717) is 34.2 Å². The van der Waals surface area contributed by atoms with Crippen molar-refractivity contribution in [2.24, 2.45) is 5.92 Å². The van der Waals surface area contributed by atoms with Crippen LogP contribution in [0.2, 0.25) is 10.0 Å². The fourth-order valence-electron chi connectivity index (χ4n) is 4.21. The van der Waals surface area contributed by atoms with Crippen molar-refractivity contribution >= 4 is 41.1 Å². The molecule has 0 radical (unpaired) electrons. The van der Waals surface area contributed by atoms with Gasteiger partial charge in [-0.15, -0.1) is 0 Å². The van der Waals surface area contributed by atoms with Crippen molar-refractivity contribution in [3.8, 4) is 5.75 Å². The van der Waals surface area contributed by atoms with Crippen molar-refractivity contribution in [2.75, 3.05) is 40.2 Å². The Morgan fingerprint density at radius 1 is 1.09 bits per heavy atom. The lowest BCUT2D eigenvalue weighted by atomic mass is 9.97. The SMILES string of the molecule is COC.CSNC(=O)c1cc(C2CC2)c(OCC2CCN(Cc3cc(Cl)cc(Cl)c3)CC2)cc1F. The van der Waals surface area contributed by atoms with E-state index in [2.05, 4.69) is 14.4 Å². The normalized spacial score (nSPS) is 16.4. The van der Waals surface area contributed by atoms with E-state index in [1.54, 1.807) is 32.6 Å². The van der Waals surface area contributed by atoms with E-state index in [1.165, 1.54) is 6.07 Å². The summed E-state index contributed by atoms with van der Waals surface area (Å²) in [5.74, 6) is 0.422. The zero-order chi connectivity index (χ0) is 25.4. The molecule has 2 aliphatic rings. The third-order valence-corrected chi connectivity index (χ3v) is 6.89. The van der Waals surface area contributed by atoms with Gasteiger partial charge >= 0.3 is 0 Å². The number of piperidine rings is 1. The van der Waals surface area contributed by atoms with E-state index in [9.17, 15) is 9.18 Å². The highest BCUT2D eigenvalue weighted by atomic mass is 35.5. The minimum absolute atomic E-state index is 0.0861. The van der Waals surface area contributed by atoms with E-state index in [0.717, 1.165) is 68.4 Å². The molecule has 2 aromatic rings. The van der Waals surface area contributed by atoms with E-state index in [1.807, 2.05) is 12.1 Å². The van der Waals surface area contributed by atoms with Crippen LogP contribution in [0.1, 0.15) is 53.1 Å². The minimum Gasteiger partial charge on any atom is -0.493 e. The van der Waals surface area contributed by atoms with Gasteiger partial charge < -0.3 is 9.47 Å². The van der Waals surface area contributed by atoms with Gasteiger partial charge in [-0.2, -0.15) is 0 Å². The molecule has 1 aliphatic carbocycles. The van der Waals surface area contributed by atoms with E-state index < -0.39 is 11.7 Å². The molecule has 9 heteroatoms. The summed E-state index contributed by atoms with van der Waals surface area (Å²) in [6.07, 6.45) is 5.88. The Morgan fingerprint density at radius 3 is 2.29 bits per heavy atom. The van der Waals surface area contributed by atoms with Crippen molar-refractivity contribution in [1.82, 2.24) is 9.62 Å². The highest BCUT2D eigenvalue weighted by Crippen LogP contribution is 2.45. The Bertz CT molecular complexity index is 979. The number of halogens is 3. The highest BCUT2D eigenvalue weighted by Gasteiger charge is 2.30. The van der Waals surface area contributed by atoms with Gasteiger partial charge in [0.2, 0.25) is 0 Å². The summed E-state index contributed by atoms with van der Waals surface area (Å²) in [6, 6.07) is 8.73. The van der Waals surface area contributed by atoms with Crippen molar-refractivity contribution in [3.63, 3.8) is 0 Å². The van der Waals surface area contributed by atoms with Gasteiger partial charge in [-0.25, -0.2) is 4.39 Å². The van der Waals surface area contributed by atoms with Crippen molar-refractivity contribution < 1.29 is 18.7 Å². The largest absolute Gasteiger partial charge is 0.493 e. The van der Waals surface area contributed by atoms with Crippen LogP contribution in [-0.2, 0) is 11.3 Å². The molecule has 1 N–H and O–H groups in total. The first-order valence-corrected chi connectivity index (χ1v) is 13.7. The number of ether oxygens (including phenoxy) is 2. The third kappa shape index (κ3) is 8.53. The minimum atomic E-state index is -0.536. The molecule has 1 amide bonds. The molecule has 1 saturated heterocycles. The lowest BCUT2D eigenvalue weighted by molar-refractivity contribution is 0.0980. The second-order valence-electron chi connectivity index (χ2n) is 9.00. The number of hydrogen-bond acceptors (Lipinski definition) is 5. The molecule has 2 fully saturated rings. The number of amides is 1. The quantitative estimate of drug-likeness (QED) is 0.382.